The number of aromatic nitrogens is 3. The molecule has 0 atom stereocenters. The molecular weight excluding hydrogens is 1000 g/mol. The third kappa shape index (κ3) is 11.7. The van der Waals surface area contributed by atoms with Crippen molar-refractivity contribution in [2.45, 2.75) is 6.42 Å². The fourth-order valence-electron chi connectivity index (χ4n) is 8.37. The molecule has 9 aromatic carbocycles. The van der Waals surface area contributed by atoms with Gasteiger partial charge in [0.05, 0.1) is 48.1 Å². The number of rotatable bonds is 16. The third-order valence-electron chi connectivity index (χ3n) is 12.3. The van der Waals surface area contributed by atoms with Crippen LogP contribution in [0.4, 0.5) is 46.0 Å². The number of carbonyl (C=O) groups is 4. The van der Waals surface area contributed by atoms with Gasteiger partial charge in [0, 0.05) is 28.3 Å². The maximum Gasteiger partial charge on any atom is 0.259 e. The van der Waals surface area contributed by atoms with Gasteiger partial charge in [-0.15, -0.1) is 10.2 Å². The average Bonchev–Trinajstić information content (AvgIpc) is 3.49. The van der Waals surface area contributed by atoms with Gasteiger partial charge in [-0.2, -0.15) is 25.2 Å². The van der Waals surface area contributed by atoms with E-state index in [1.807, 2.05) is 30.3 Å². The minimum absolute atomic E-state index is 0.0280. The predicted octanol–water partition coefficient (Wildman–Crippen LogP) is 13.0. The molecule has 0 aliphatic carbocycles. The molecule has 1 aromatic heterocycles. The second kappa shape index (κ2) is 23.1. The number of para-hydroxylation sites is 4. The summed E-state index contributed by atoms with van der Waals surface area (Å²) in [4.78, 5) is 67.8. The highest BCUT2D eigenvalue weighted by atomic mass is 16.5. The van der Waals surface area contributed by atoms with E-state index in [1.165, 1.54) is 38.5 Å². The van der Waals surface area contributed by atoms with Gasteiger partial charge in [0.25, 0.3) is 23.6 Å². The summed E-state index contributed by atoms with van der Waals surface area (Å²) >= 11 is 0. The number of nitrogens with zero attached hydrogens (tertiary/aromatic N) is 7. The zero-order chi connectivity index (χ0) is 54.8. The van der Waals surface area contributed by atoms with Gasteiger partial charge in [-0.05, 0) is 101 Å². The molecule has 0 spiro atoms. The van der Waals surface area contributed by atoms with E-state index < -0.39 is 23.6 Å². The van der Waals surface area contributed by atoms with E-state index in [4.69, 9.17) is 9.47 Å². The molecule has 19 nitrogen and oxygen atoms in total. The Labute approximate surface area is 450 Å². The molecule has 19 heteroatoms. The Morgan fingerprint density at radius 2 is 0.848 bits per heavy atom. The van der Waals surface area contributed by atoms with E-state index in [2.05, 4.69) is 56.7 Å². The van der Waals surface area contributed by atoms with Crippen LogP contribution in [0.1, 0.15) is 52.8 Å². The van der Waals surface area contributed by atoms with Gasteiger partial charge in [0.15, 0.2) is 11.5 Å². The van der Waals surface area contributed by atoms with Gasteiger partial charge in [-0.25, -0.2) is 0 Å². The van der Waals surface area contributed by atoms with Gasteiger partial charge in [0.2, 0.25) is 11.9 Å². The minimum atomic E-state index is -0.584. The number of phenols is 2. The summed E-state index contributed by atoms with van der Waals surface area (Å²) < 4.78 is 10.7. The summed E-state index contributed by atoms with van der Waals surface area (Å²) in [6, 6.07) is 52.8. The molecule has 4 amide bonds. The first kappa shape index (κ1) is 51.3. The maximum absolute atomic E-state index is 13.7. The van der Waals surface area contributed by atoms with E-state index in [-0.39, 0.29) is 69.3 Å². The Kier molecular flexibility index (Phi) is 15.0. The number of azo groups is 2. The number of aromatic hydroxyl groups is 2. The lowest BCUT2D eigenvalue weighted by Gasteiger charge is -2.13. The number of ether oxygens (including phenoxy) is 2. The van der Waals surface area contributed by atoms with Crippen LogP contribution in [0.15, 0.2) is 209 Å². The number of nitrogens with one attached hydrogen (secondary N) is 4. The summed E-state index contributed by atoms with van der Waals surface area (Å²) in [6.45, 7) is 0. The lowest BCUT2D eigenvalue weighted by molar-refractivity contribution is 0.101. The molecule has 0 aliphatic rings. The third-order valence-corrected chi connectivity index (χ3v) is 12.3. The maximum atomic E-state index is 13.7. The van der Waals surface area contributed by atoms with E-state index in [1.54, 1.807) is 133 Å². The molecule has 79 heavy (non-hydrogen) atoms. The lowest BCUT2D eigenvalue weighted by atomic mass is 10.0. The summed E-state index contributed by atoms with van der Waals surface area (Å²) in [5.74, 6) is -2.21. The van der Waals surface area contributed by atoms with Crippen molar-refractivity contribution in [1.29, 1.82) is 0 Å². The molecule has 0 bridgehead atoms. The molecule has 10 rings (SSSR count). The van der Waals surface area contributed by atoms with Crippen molar-refractivity contribution in [2.24, 2.45) is 20.5 Å². The average molecular weight is 1050 g/mol. The number of methoxy groups -OCH3 is 2. The second-order valence-electron chi connectivity index (χ2n) is 17.5. The summed E-state index contributed by atoms with van der Waals surface area (Å²) in [5.41, 5.74) is 2.86. The first-order valence-corrected chi connectivity index (χ1v) is 24.3. The smallest absolute Gasteiger partial charge is 0.259 e. The number of benzene rings is 9. The fraction of sp³-hybridized carbons (Fsp3) is 0.0500. The molecule has 6 N–H and O–H groups in total. The predicted molar refractivity (Wildman–Crippen MR) is 299 cm³/mol. The zero-order valence-corrected chi connectivity index (χ0v) is 42.1. The molecule has 388 valence electrons. The second-order valence-corrected chi connectivity index (χ2v) is 17.5. The van der Waals surface area contributed by atoms with Crippen LogP contribution in [0.2, 0.25) is 0 Å². The molecule has 0 aliphatic heterocycles. The number of carbonyl (C=O) groups excluding carboxylic acids is 4. The van der Waals surface area contributed by atoms with Crippen molar-refractivity contribution in [3.8, 4) is 23.0 Å². The van der Waals surface area contributed by atoms with Crippen LogP contribution < -0.4 is 30.7 Å². The van der Waals surface area contributed by atoms with Crippen LogP contribution in [0, 0.1) is 0 Å². The van der Waals surface area contributed by atoms with E-state index in [9.17, 15) is 29.4 Å². The summed E-state index contributed by atoms with van der Waals surface area (Å²) in [5, 5.41) is 53.6. The van der Waals surface area contributed by atoms with Gasteiger partial charge in [0.1, 0.15) is 28.7 Å². The largest absolute Gasteiger partial charge is 0.505 e. The van der Waals surface area contributed by atoms with Gasteiger partial charge >= 0.3 is 0 Å². The number of hydrogen-bond donors (Lipinski definition) is 6. The SMILES string of the molecule is COc1ccccc1NC(=O)c1cc2ccccc2c(N=Nc2ccc(C(=O)Nc3nc(Cc4ccccc4)nc(NC(=O)c4ccc(N=Nc5c(O)c(C(=O)Nc6ccccc6OC)cc6ccccc56)cc4)n3)cc2)c1O. The summed E-state index contributed by atoms with van der Waals surface area (Å²) in [6.07, 6.45) is 0.245. The fourth-order valence-corrected chi connectivity index (χ4v) is 8.37. The topological polar surface area (TPSA) is 263 Å². The Balaban J connectivity index is 0.843. The van der Waals surface area contributed by atoms with Gasteiger partial charge in [-0.3, -0.25) is 29.8 Å². The Bertz CT molecular complexity index is 3790. The molecule has 0 unspecified atom stereocenters. The van der Waals surface area contributed by atoms with Crippen LogP contribution in [0.5, 0.6) is 23.0 Å². The van der Waals surface area contributed by atoms with Crippen molar-refractivity contribution in [1.82, 2.24) is 15.0 Å². The molecule has 0 saturated carbocycles. The normalized spacial score (nSPS) is 11.2. The Morgan fingerprint density at radius 3 is 1.29 bits per heavy atom. The zero-order valence-electron chi connectivity index (χ0n) is 42.1. The van der Waals surface area contributed by atoms with Crippen molar-refractivity contribution in [3.63, 3.8) is 0 Å². The first-order chi connectivity index (χ1) is 38.5. The molecule has 10 aromatic rings. The van der Waals surface area contributed by atoms with Crippen LogP contribution in [0.25, 0.3) is 21.5 Å². The number of fused-ring (bicyclic) bond motifs is 2. The quantitative estimate of drug-likeness (QED) is 0.0496. The lowest BCUT2D eigenvalue weighted by Crippen LogP contribution is -2.19. The van der Waals surface area contributed by atoms with Crippen LogP contribution in [-0.2, 0) is 6.42 Å². The highest BCUT2D eigenvalue weighted by Gasteiger charge is 2.22. The number of phenolic OH excluding ortho intramolecular Hbond substituents is 2. The van der Waals surface area contributed by atoms with Crippen molar-refractivity contribution in [2.75, 3.05) is 35.5 Å². The minimum Gasteiger partial charge on any atom is -0.505 e. The van der Waals surface area contributed by atoms with Crippen molar-refractivity contribution < 1.29 is 38.9 Å². The standard InChI is InChI=1S/C60H45N11O8/c1-78-48-22-12-10-20-46(48)61-57(76)44-33-38-16-6-8-18-42(38)51(53(44)72)70-68-40-28-24-36(25-29-40)55(74)65-59-63-50(32-35-14-4-3-5-15-35)64-60(67-59)66-56(75)37-26-30-41(31-27-37)69-71-52-43-19-9-7-17-39(43)34-45(54(52)73)58(77)62-47-21-11-13-23-49(47)79-2/h3-31,33-34,72-73H,32H2,1-2H3,(H,61,76)(H,62,77)(H2,63,64,65,66,67,74,75). The Hall–Kier alpha value is -11.2. The van der Waals surface area contributed by atoms with Gasteiger partial charge in [-0.1, -0.05) is 103 Å². The molecule has 0 radical (unpaired) electrons. The van der Waals surface area contributed by atoms with Crippen LogP contribution in [-0.4, -0.2) is 63.0 Å². The Morgan fingerprint density at radius 1 is 0.443 bits per heavy atom. The monoisotopic (exact) mass is 1050 g/mol. The number of amides is 4. The number of anilines is 4. The molecular formula is C60H45N11O8. The van der Waals surface area contributed by atoms with Crippen LogP contribution >= 0.6 is 0 Å². The van der Waals surface area contributed by atoms with E-state index in [0.717, 1.165) is 5.56 Å². The van der Waals surface area contributed by atoms with Crippen LogP contribution in [0.3, 0.4) is 0 Å². The van der Waals surface area contributed by atoms with E-state index in [0.29, 0.717) is 55.8 Å². The number of hydrogen-bond acceptors (Lipinski definition) is 15. The molecule has 1 heterocycles. The molecule has 0 saturated heterocycles. The molecule has 0 fully saturated rings. The van der Waals surface area contributed by atoms with Crippen molar-refractivity contribution in [3.05, 3.63) is 222 Å². The van der Waals surface area contributed by atoms with E-state index >= 15 is 0 Å². The highest BCUT2D eigenvalue weighted by Crippen LogP contribution is 2.42. The van der Waals surface area contributed by atoms with Gasteiger partial charge < -0.3 is 30.3 Å². The summed E-state index contributed by atoms with van der Waals surface area (Å²) in [7, 11) is 2.98. The first-order valence-electron chi connectivity index (χ1n) is 24.3. The van der Waals surface area contributed by atoms with Crippen molar-refractivity contribution >= 4 is 91.2 Å². The highest BCUT2D eigenvalue weighted by molar-refractivity contribution is 6.13.